The van der Waals surface area contributed by atoms with Gasteiger partial charge in [-0.05, 0) is 26.4 Å². The molecule has 1 aliphatic heterocycles. The second kappa shape index (κ2) is 9.44. The number of methoxy groups -OCH3 is 1. The molecule has 0 bridgehead atoms. The molecule has 0 aromatic rings. The van der Waals surface area contributed by atoms with E-state index in [1.54, 1.807) is 7.11 Å². The van der Waals surface area contributed by atoms with Crippen LogP contribution in [0.4, 0.5) is 0 Å². The second-order valence-electron chi connectivity index (χ2n) is 3.55. The Hall–Kier alpha value is -0.120. The van der Waals surface area contributed by atoms with Crippen molar-refractivity contribution < 1.29 is 4.74 Å². The van der Waals surface area contributed by atoms with E-state index in [9.17, 15) is 0 Å². The van der Waals surface area contributed by atoms with Gasteiger partial charge in [-0.2, -0.15) is 0 Å². The third-order valence-electron chi connectivity index (χ3n) is 2.37. The van der Waals surface area contributed by atoms with E-state index in [0.717, 1.165) is 19.7 Å². The van der Waals surface area contributed by atoms with Crippen LogP contribution in [0.25, 0.3) is 0 Å². The number of likely N-dealkylation sites (N-methyl/N-ethyl adjacent to an activating group) is 1. The molecule has 0 saturated carbocycles. The van der Waals surface area contributed by atoms with Gasteiger partial charge in [-0.1, -0.05) is 13.8 Å². The van der Waals surface area contributed by atoms with E-state index in [0.29, 0.717) is 6.04 Å². The molecule has 0 aromatic carbocycles. The van der Waals surface area contributed by atoms with Gasteiger partial charge in [0.25, 0.3) is 0 Å². The Kier molecular flexibility index (Phi) is 9.35. The largest absolute Gasteiger partial charge is 0.383 e. The highest BCUT2D eigenvalue weighted by atomic mass is 16.5. The van der Waals surface area contributed by atoms with Crippen LogP contribution < -0.4 is 5.32 Å². The molecular formula is C11H26N2O. The fraction of sp³-hybridized carbons (Fsp3) is 1.00. The number of hydrogen-bond acceptors (Lipinski definition) is 3. The molecule has 14 heavy (non-hydrogen) atoms. The molecule has 1 atom stereocenters. The molecule has 1 heterocycles. The van der Waals surface area contributed by atoms with Gasteiger partial charge in [0.2, 0.25) is 0 Å². The van der Waals surface area contributed by atoms with Crippen LogP contribution in [0.3, 0.4) is 0 Å². The normalized spacial score (nSPS) is 20.8. The van der Waals surface area contributed by atoms with Crippen molar-refractivity contribution in [3.8, 4) is 0 Å². The predicted octanol–water partition coefficient (Wildman–Crippen LogP) is 1.34. The molecule has 0 spiro atoms. The van der Waals surface area contributed by atoms with Crippen LogP contribution in [0.15, 0.2) is 0 Å². The van der Waals surface area contributed by atoms with E-state index in [1.807, 2.05) is 13.8 Å². The molecule has 86 valence electrons. The maximum atomic E-state index is 5.01. The van der Waals surface area contributed by atoms with Gasteiger partial charge in [-0.25, -0.2) is 0 Å². The summed E-state index contributed by atoms with van der Waals surface area (Å²) in [5.41, 5.74) is 0. The smallest absolute Gasteiger partial charge is 0.0589 e. The third kappa shape index (κ3) is 6.35. The van der Waals surface area contributed by atoms with E-state index in [4.69, 9.17) is 4.74 Å². The van der Waals surface area contributed by atoms with Crippen molar-refractivity contribution in [1.82, 2.24) is 10.2 Å². The van der Waals surface area contributed by atoms with Crippen LogP contribution in [-0.4, -0.2) is 51.3 Å². The lowest BCUT2D eigenvalue weighted by Crippen LogP contribution is -2.36. The van der Waals surface area contributed by atoms with E-state index < -0.39 is 0 Å². The summed E-state index contributed by atoms with van der Waals surface area (Å²) < 4.78 is 5.01. The highest BCUT2D eigenvalue weighted by Crippen LogP contribution is 2.05. The summed E-state index contributed by atoms with van der Waals surface area (Å²) in [6.07, 6.45) is 2.67. The minimum absolute atomic E-state index is 0.715. The van der Waals surface area contributed by atoms with Gasteiger partial charge in [0, 0.05) is 26.2 Å². The van der Waals surface area contributed by atoms with Gasteiger partial charge in [0.05, 0.1) is 6.61 Å². The van der Waals surface area contributed by atoms with Crippen molar-refractivity contribution in [3.05, 3.63) is 0 Å². The average molecular weight is 202 g/mol. The summed E-state index contributed by atoms with van der Waals surface area (Å²) >= 11 is 0. The van der Waals surface area contributed by atoms with Crippen LogP contribution in [0.5, 0.6) is 0 Å². The summed E-state index contributed by atoms with van der Waals surface area (Å²) in [5.74, 6) is 0. The summed E-state index contributed by atoms with van der Waals surface area (Å²) in [4.78, 5) is 2.33. The Morgan fingerprint density at radius 3 is 2.64 bits per heavy atom. The SMILES string of the molecule is CC.COCCN(C)C[C@@H]1CCCN1. The van der Waals surface area contributed by atoms with Crippen molar-refractivity contribution in [2.24, 2.45) is 0 Å². The first-order valence-electron chi connectivity index (χ1n) is 5.74. The molecule has 1 fully saturated rings. The zero-order valence-corrected chi connectivity index (χ0v) is 10.2. The van der Waals surface area contributed by atoms with Gasteiger partial charge in [-0.15, -0.1) is 0 Å². The van der Waals surface area contributed by atoms with E-state index >= 15 is 0 Å². The Bertz CT molecular complexity index is 114. The van der Waals surface area contributed by atoms with E-state index in [1.165, 1.54) is 19.4 Å². The molecule has 0 radical (unpaired) electrons. The van der Waals surface area contributed by atoms with Crippen LogP contribution in [0.1, 0.15) is 26.7 Å². The van der Waals surface area contributed by atoms with Crippen LogP contribution >= 0.6 is 0 Å². The summed E-state index contributed by atoms with van der Waals surface area (Å²) in [6, 6.07) is 0.715. The Morgan fingerprint density at radius 1 is 1.43 bits per heavy atom. The van der Waals surface area contributed by atoms with E-state index in [-0.39, 0.29) is 0 Å². The van der Waals surface area contributed by atoms with Gasteiger partial charge in [0.1, 0.15) is 0 Å². The lowest BCUT2D eigenvalue weighted by molar-refractivity contribution is 0.157. The molecule has 1 rings (SSSR count). The maximum absolute atomic E-state index is 5.01. The molecule has 0 aliphatic carbocycles. The zero-order chi connectivity index (χ0) is 10.8. The molecule has 0 amide bonds. The number of nitrogens with one attached hydrogen (secondary N) is 1. The molecule has 1 N–H and O–H groups in total. The van der Waals surface area contributed by atoms with Gasteiger partial charge < -0.3 is 15.0 Å². The van der Waals surface area contributed by atoms with Crippen LogP contribution in [0.2, 0.25) is 0 Å². The summed E-state index contributed by atoms with van der Waals surface area (Å²) in [7, 11) is 3.90. The van der Waals surface area contributed by atoms with Gasteiger partial charge in [-0.3, -0.25) is 0 Å². The predicted molar refractivity (Wildman–Crippen MR) is 61.7 cm³/mol. The molecule has 0 aromatic heterocycles. The molecule has 3 nitrogen and oxygen atoms in total. The summed E-state index contributed by atoms with van der Waals surface area (Å²) in [5, 5.41) is 3.48. The minimum atomic E-state index is 0.715. The van der Waals surface area contributed by atoms with Crippen LogP contribution in [-0.2, 0) is 4.74 Å². The number of rotatable bonds is 5. The first kappa shape index (κ1) is 13.9. The Balaban J connectivity index is 0.000000791. The Labute approximate surface area is 88.8 Å². The van der Waals surface area contributed by atoms with Crippen molar-refractivity contribution in [2.45, 2.75) is 32.7 Å². The van der Waals surface area contributed by atoms with Crippen LogP contribution in [0, 0.1) is 0 Å². The van der Waals surface area contributed by atoms with Crippen molar-refractivity contribution in [1.29, 1.82) is 0 Å². The van der Waals surface area contributed by atoms with Gasteiger partial charge >= 0.3 is 0 Å². The first-order chi connectivity index (χ1) is 6.83. The van der Waals surface area contributed by atoms with Crippen molar-refractivity contribution >= 4 is 0 Å². The number of ether oxygens (including phenoxy) is 1. The maximum Gasteiger partial charge on any atom is 0.0589 e. The number of hydrogen-bond donors (Lipinski definition) is 1. The topological polar surface area (TPSA) is 24.5 Å². The summed E-state index contributed by atoms with van der Waals surface area (Å²) in [6.45, 7) is 8.23. The van der Waals surface area contributed by atoms with E-state index in [2.05, 4.69) is 17.3 Å². The highest BCUT2D eigenvalue weighted by molar-refractivity contribution is 4.76. The van der Waals surface area contributed by atoms with Crippen molar-refractivity contribution in [3.63, 3.8) is 0 Å². The fourth-order valence-electron chi connectivity index (χ4n) is 1.63. The Morgan fingerprint density at radius 2 is 2.14 bits per heavy atom. The molecule has 1 aliphatic rings. The second-order valence-corrected chi connectivity index (χ2v) is 3.55. The lowest BCUT2D eigenvalue weighted by Gasteiger charge is -2.20. The monoisotopic (exact) mass is 202 g/mol. The highest BCUT2D eigenvalue weighted by Gasteiger charge is 2.15. The molecule has 3 heteroatoms. The first-order valence-corrected chi connectivity index (χ1v) is 5.74. The average Bonchev–Trinajstić information content (AvgIpc) is 2.70. The lowest BCUT2D eigenvalue weighted by atomic mass is 10.2. The zero-order valence-electron chi connectivity index (χ0n) is 10.2. The third-order valence-corrected chi connectivity index (χ3v) is 2.37. The molecule has 0 unspecified atom stereocenters. The minimum Gasteiger partial charge on any atom is -0.383 e. The molecular weight excluding hydrogens is 176 g/mol. The van der Waals surface area contributed by atoms with Crippen molar-refractivity contribution in [2.75, 3.05) is 40.4 Å². The van der Waals surface area contributed by atoms with Gasteiger partial charge in [0.15, 0.2) is 0 Å². The number of nitrogens with zero attached hydrogens (tertiary/aromatic N) is 1. The standard InChI is InChI=1S/C9H20N2O.C2H6/c1-11(6-7-12-2)8-9-4-3-5-10-9;1-2/h9-10H,3-8H2,1-2H3;1-2H3/t9-;/m0./s1. The molecule has 1 saturated heterocycles. The fourth-order valence-corrected chi connectivity index (χ4v) is 1.63. The quantitative estimate of drug-likeness (QED) is 0.728.